The molecule has 0 radical (unpaired) electrons. The number of epoxide rings is 1. The third-order valence-electron chi connectivity index (χ3n) is 2.25. The highest BCUT2D eigenvalue weighted by Gasteiger charge is 2.58. The summed E-state index contributed by atoms with van der Waals surface area (Å²) in [6.07, 6.45) is 1.68. The van der Waals surface area contributed by atoms with Gasteiger partial charge in [-0.1, -0.05) is 20.4 Å². The van der Waals surface area contributed by atoms with Crippen molar-refractivity contribution in [1.82, 2.24) is 5.32 Å². The fourth-order valence-corrected chi connectivity index (χ4v) is 1.32. The number of ether oxygens (including phenoxy) is 2. The van der Waals surface area contributed by atoms with E-state index in [0.29, 0.717) is 12.2 Å². The van der Waals surface area contributed by atoms with E-state index in [-0.39, 0.29) is 12.0 Å². The highest BCUT2D eigenvalue weighted by molar-refractivity contribution is 5.92. The predicted molar refractivity (Wildman–Crippen MR) is 57.1 cm³/mol. The lowest BCUT2D eigenvalue weighted by Crippen LogP contribution is -2.42. The van der Waals surface area contributed by atoms with Gasteiger partial charge in [0.05, 0.1) is 6.61 Å². The minimum atomic E-state index is -0.888. The van der Waals surface area contributed by atoms with E-state index in [1.165, 1.54) is 0 Å². The summed E-state index contributed by atoms with van der Waals surface area (Å²) in [5.74, 6) is -1.11. The van der Waals surface area contributed by atoms with Gasteiger partial charge >= 0.3 is 0 Å². The first-order valence-corrected chi connectivity index (χ1v) is 5.35. The normalized spacial score (nSPS) is 28.6. The van der Waals surface area contributed by atoms with E-state index in [9.17, 15) is 4.79 Å². The fraction of sp³-hybridized carbons (Fsp3) is 0.727. The standard InChI is InChI=1S/C11H19NO3/c1-5-7-14-11(9(6-2)15-11)12-10(13)8(3)4/h9H,3,5-7H2,1-2,4H3,(H,12,13). The second kappa shape index (κ2) is 4.77. The Kier molecular flexibility index (Phi) is 3.88. The first-order chi connectivity index (χ1) is 7.05. The molecule has 86 valence electrons. The largest absolute Gasteiger partial charge is 0.331 e. The van der Waals surface area contributed by atoms with Crippen LogP contribution in [0.2, 0.25) is 0 Å². The minimum absolute atomic E-state index is 0.0349. The minimum Gasteiger partial charge on any atom is -0.331 e. The van der Waals surface area contributed by atoms with Gasteiger partial charge in [-0.3, -0.25) is 10.1 Å². The summed E-state index contributed by atoms with van der Waals surface area (Å²) in [5, 5.41) is 2.72. The van der Waals surface area contributed by atoms with Crippen molar-refractivity contribution >= 4 is 5.91 Å². The van der Waals surface area contributed by atoms with Crippen LogP contribution in [0.4, 0.5) is 0 Å². The molecule has 0 aromatic rings. The molecule has 1 saturated heterocycles. The van der Waals surface area contributed by atoms with Gasteiger partial charge in [0.25, 0.3) is 5.91 Å². The Balaban J connectivity index is 2.52. The van der Waals surface area contributed by atoms with Crippen LogP contribution in [-0.2, 0) is 14.3 Å². The van der Waals surface area contributed by atoms with E-state index in [0.717, 1.165) is 12.8 Å². The summed E-state index contributed by atoms with van der Waals surface area (Å²) in [4.78, 5) is 11.5. The number of amides is 1. The maximum absolute atomic E-state index is 11.5. The van der Waals surface area contributed by atoms with E-state index in [2.05, 4.69) is 11.9 Å². The molecule has 0 spiro atoms. The molecule has 1 amide bonds. The van der Waals surface area contributed by atoms with E-state index >= 15 is 0 Å². The molecule has 0 aromatic carbocycles. The summed E-state index contributed by atoms with van der Waals surface area (Å²) in [7, 11) is 0. The molecule has 1 N–H and O–H groups in total. The van der Waals surface area contributed by atoms with Crippen LogP contribution < -0.4 is 5.32 Å². The molecule has 0 aliphatic carbocycles. The first kappa shape index (κ1) is 12.2. The van der Waals surface area contributed by atoms with Crippen LogP contribution in [0.1, 0.15) is 33.6 Å². The molecular weight excluding hydrogens is 194 g/mol. The topological polar surface area (TPSA) is 50.9 Å². The number of hydrogen-bond donors (Lipinski definition) is 1. The second-order valence-corrected chi connectivity index (χ2v) is 3.77. The van der Waals surface area contributed by atoms with Gasteiger partial charge in [-0.15, -0.1) is 0 Å². The molecule has 4 nitrogen and oxygen atoms in total. The Hall–Kier alpha value is -0.870. The SMILES string of the molecule is C=C(C)C(=O)NC1(OCCC)OC1CC. The highest BCUT2D eigenvalue weighted by Crippen LogP contribution is 2.37. The van der Waals surface area contributed by atoms with Crippen LogP contribution in [-0.4, -0.2) is 24.5 Å². The summed E-state index contributed by atoms with van der Waals surface area (Å²) in [6, 6.07) is 0. The maximum atomic E-state index is 11.5. The van der Waals surface area contributed by atoms with Crippen molar-refractivity contribution in [2.75, 3.05) is 6.61 Å². The van der Waals surface area contributed by atoms with Crippen molar-refractivity contribution in [3.8, 4) is 0 Å². The van der Waals surface area contributed by atoms with Gasteiger partial charge in [0.15, 0.2) is 0 Å². The first-order valence-electron chi connectivity index (χ1n) is 5.35. The lowest BCUT2D eigenvalue weighted by Gasteiger charge is -2.15. The average Bonchev–Trinajstić information content (AvgIpc) is 2.89. The summed E-state index contributed by atoms with van der Waals surface area (Å²) < 4.78 is 10.9. The van der Waals surface area contributed by atoms with Crippen LogP contribution in [0.3, 0.4) is 0 Å². The van der Waals surface area contributed by atoms with Gasteiger partial charge in [-0.25, -0.2) is 0 Å². The van der Waals surface area contributed by atoms with Crippen LogP contribution in [0, 0.1) is 0 Å². The second-order valence-electron chi connectivity index (χ2n) is 3.77. The molecule has 1 aliphatic heterocycles. The van der Waals surface area contributed by atoms with Gasteiger partial charge in [0, 0.05) is 5.57 Å². The average molecular weight is 213 g/mol. The van der Waals surface area contributed by atoms with Crippen LogP contribution >= 0.6 is 0 Å². The zero-order valence-corrected chi connectivity index (χ0v) is 9.63. The molecular formula is C11H19NO3. The number of carbonyl (C=O) groups is 1. The number of nitrogens with one attached hydrogen (secondary N) is 1. The Morgan fingerprint density at radius 2 is 2.27 bits per heavy atom. The molecule has 1 rings (SSSR count). The van der Waals surface area contributed by atoms with Crippen LogP contribution in [0.25, 0.3) is 0 Å². The molecule has 1 aliphatic rings. The molecule has 2 unspecified atom stereocenters. The van der Waals surface area contributed by atoms with Gasteiger partial charge < -0.3 is 9.47 Å². The fourth-order valence-electron chi connectivity index (χ4n) is 1.32. The van der Waals surface area contributed by atoms with Gasteiger partial charge in [0.2, 0.25) is 5.91 Å². The Morgan fingerprint density at radius 3 is 2.67 bits per heavy atom. The Bertz CT molecular complexity index is 265. The van der Waals surface area contributed by atoms with E-state index in [1.54, 1.807) is 6.92 Å². The van der Waals surface area contributed by atoms with Crippen molar-refractivity contribution in [2.24, 2.45) is 0 Å². The van der Waals surface area contributed by atoms with Crippen molar-refractivity contribution < 1.29 is 14.3 Å². The van der Waals surface area contributed by atoms with Gasteiger partial charge in [-0.05, 0) is 19.8 Å². The summed E-state index contributed by atoms with van der Waals surface area (Å²) in [5.41, 5.74) is 0.458. The smallest absolute Gasteiger partial charge is 0.280 e. The van der Waals surface area contributed by atoms with E-state index < -0.39 is 5.91 Å². The molecule has 15 heavy (non-hydrogen) atoms. The Labute approximate surface area is 90.6 Å². The van der Waals surface area contributed by atoms with Gasteiger partial charge in [-0.2, -0.15) is 0 Å². The number of rotatable bonds is 6. The van der Waals surface area contributed by atoms with Crippen molar-refractivity contribution in [3.05, 3.63) is 12.2 Å². The third kappa shape index (κ3) is 2.79. The number of hydrogen-bond acceptors (Lipinski definition) is 3. The summed E-state index contributed by atoms with van der Waals surface area (Å²) >= 11 is 0. The predicted octanol–water partition coefficient (Wildman–Crippen LogP) is 1.57. The lowest BCUT2D eigenvalue weighted by molar-refractivity contribution is -0.130. The van der Waals surface area contributed by atoms with Crippen molar-refractivity contribution in [2.45, 2.75) is 45.6 Å². The quantitative estimate of drug-likeness (QED) is 0.414. The molecule has 2 atom stereocenters. The maximum Gasteiger partial charge on any atom is 0.280 e. The van der Waals surface area contributed by atoms with Crippen LogP contribution in [0.5, 0.6) is 0 Å². The van der Waals surface area contributed by atoms with Crippen LogP contribution in [0.15, 0.2) is 12.2 Å². The Morgan fingerprint density at radius 1 is 1.60 bits per heavy atom. The molecule has 1 heterocycles. The monoisotopic (exact) mass is 213 g/mol. The molecule has 1 fully saturated rings. The highest BCUT2D eigenvalue weighted by atomic mass is 16.8. The zero-order valence-electron chi connectivity index (χ0n) is 9.63. The number of carbonyl (C=O) groups excluding carboxylic acids is 1. The zero-order chi connectivity index (χ0) is 11.5. The lowest BCUT2D eigenvalue weighted by atomic mass is 10.2. The molecule has 0 aromatic heterocycles. The van der Waals surface area contributed by atoms with Gasteiger partial charge in [0.1, 0.15) is 6.10 Å². The van der Waals surface area contributed by atoms with Crippen molar-refractivity contribution in [1.29, 1.82) is 0 Å². The molecule has 0 bridgehead atoms. The van der Waals surface area contributed by atoms with E-state index in [4.69, 9.17) is 9.47 Å². The summed E-state index contributed by atoms with van der Waals surface area (Å²) in [6.45, 7) is 9.82. The van der Waals surface area contributed by atoms with Crippen molar-refractivity contribution in [3.63, 3.8) is 0 Å². The molecule has 4 heteroatoms. The third-order valence-corrected chi connectivity index (χ3v) is 2.25. The van der Waals surface area contributed by atoms with E-state index in [1.807, 2.05) is 13.8 Å². The molecule has 0 saturated carbocycles.